The van der Waals surface area contributed by atoms with Crippen molar-refractivity contribution in [1.29, 1.82) is 0 Å². The van der Waals surface area contributed by atoms with Gasteiger partial charge in [-0.25, -0.2) is 0 Å². The molecular formula is C14H20N2O2. The van der Waals surface area contributed by atoms with E-state index in [1.165, 1.54) is 0 Å². The van der Waals surface area contributed by atoms with Crippen molar-refractivity contribution in [1.82, 2.24) is 5.32 Å². The summed E-state index contributed by atoms with van der Waals surface area (Å²) >= 11 is 0. The van der Waals surface area contributed by atoms with Gasteiger partial charge < -0.3 is 10.6 Å². The van der Waals surface area contributed by atoms with E-state index in [9.17, 15) is 9.59 Å². The zero-order chi connectivity index (χ0) is 13.5. The fourth-order valence-corrected chi connectivity index (χ4v) is 1.52. The van der Waals surface area contributed by atoms with Gasteiger partial charge in [0.15, 0.2) is 0 Å². The number of hydrogen-bond acceptors (Lipinski definition) is 2. The van der Waals surface area contributed by atoms with Crippen LogP contribution in [0.3, 0.4) is 0 Å². The molecule has 1 unspecified atom stereocenters. The second-order valence-corrected chi connectivity index (χ2v) is 4.25. The Morgan fingerprint density at radius 1 is 1.17 bits per heavy atom. The highest BCUT2D eigenvalue weighted by Gasteiger charge is 2.16. The van der Waals surface area contributed by atoms with Gasteiger partial charge in [-0.15, -0.1) is 0 Å². The van der Waals surface area contributed by atoms with E-state index in [0.29, 0.717) is 5.69 Å². The van der Waals surface area contributed by atoms with Gasteiger partial charge in [0, 0.05) is 11.7 Å². The van der Waals surface area contributed by atoms with Crippen LogP contribution >= 0.6 is 0 Å². The highest BCUT2D eigenvalue weighted by Crippen LogP contribution is 2.15. The van der Waals surface area contributed by atoms with Crippen molar-refractivity contribution in [3.63, 3.8) is 0 Å². The SMILES string of the molecule is CCc1ccccc1NC(=O)C(=O)NC(C)CC. The molecule has 0 fully saturated rings. The van der Waals surface area contributed by atoms with Crippen LogP contribution in [-0.2, 0) is 16.0 Å². The first-order chi connectivity index (χ1) is 8.58. The molecule has 2 N–H and O–H groups in total. The Hall–Kier alpha value is -1.84. The topological polar surface area (TPSA) is 58.2 Å². The Morgan fingerprint density at radius 2 is 1.83 bits per heavy atom. The summed E-state index contributed by atoms with van der Waals surface area (Å²) in [7, 11) is 0. The van der Waals surface area contributed by atoms with Crippen LogP contribution in [0, 0.1) is 0 Å². The van der Waals surface area contributed by atoms with E-state index in [-0.39, 0.29) is 6.04 Å². The summed E-state index contributed by atoms with van der Waals surface area (Å²) in [6, 6.07) is 7.48. The normalized spacial score (nSPS) is 11.7. The van der Waals surface area contributed by atoms with Crippen LogP contribution < -0.4 is 10.6 Å². The standard InChI is InChI=1S/C14H20N2O2/c1-4-10(3)15-13(17)14(18)16-12-9-7-6-8-11(12)5-2/h6-10H,4-5H2,1-3H3,(H,15,17)(H,16,18). The number of anilines is 1. The first kappa shape index (κ1) is 14.2. The molecule has 18 heavy (non-hydrogen) atoms. The third-order valence-corrected chi connectivity index (χ3v) is 2.84. The monoisotopic (exact) mass is 248 g/mol. The molecule has 0 bridgehead atoms. The van der Waals surface area contributed by atoms with E-state index in [0.717, 1.165) is 18.4 Å². The van der Waals surface area contributed by atoms with Crippen molar-refractivity contribution in [3.05, 3.63) is 29.8 Å². The number of hydrogen-bond donors (Lipinski definition) is 2. The van der Waals surface area contributed by atoms with Crippen molar-refractivity contribution < 1.29 is 9.59 Å². The average Bonchev–Trinajstić information content (AvgIpc) is 2.39. The molecule has 0 aromatic heterocycles. The summed E-state index contributed by atoms with van der Waals surface area (Å²) in [6.45, 7) is 5.82. The number of carbonyl (C=O) groups excluding carboxylic acids is 2. The molecule has 98 valence electrons. The molecule has 4 nitrogen and oxygen atoms in total. The van der Waals surface area contributed by atoms with E-state index < -0.39 is 11.8 Å². The molecule has 0 aliphatic heterocycles. The fourth-order valence-electron chi connectivity index (χ4n) is 1.52. The number of carbonyl (C=O) groups is 2. The molecule has 0 spiro atoms. The molecule has 0 saturated carbocycles. The van der Waals surface area contributed by atoms with Crippen molar-refractivity contribution in [2.75, 3.05) is 5.32 Å². The molecule has 1 rings (SSSR count). The number of rotatable bonds is 4. The smallest absolute Gasteiger partial charge is 0.313 e. The van der Waals surface area contributed by atoms with Crippen molar-refractivity contribution in [2.45, 2.75) is 39.7 Å². The predicted molar refractivity (Wildman–Crippen MR) is 72.3 cm³/mol. The summed E-state index contributed by atoms with van der Waals surface area (Å²) in [4.78, 5) is 23.3. The third-order valence-electron chi connectivity index (χ3n) is 2.84. The molecule has 1 atom stereocenters. The van der Waals surface area contributed by atoms with Gasteiger partial charge in [-0.05, 0) is 31.4 Å². The zero-order valence-electron chi connectivity index (χ0n) is 11.1. The summed E-state index contributed by atoms with van der Waals surface area (Å²) in [6.07, 6.45) is 1.61. The highest BCUT2D eigenvalue weighted by molar-refractivity contribution is 6.39. The van der Waals surface area contributed by atoms with E-state index in [1.807, 2.05) is 39.0 Å². The van der Waals surface area contributed by atoms with Gasteiger partial charge in [0.05, 0.1) is 0 Å². The molecule has 4 heteroatoms. The maximum atomic E-state index is 11.7. The Bertz CT molecular complexity index is 430. The second kappa shape index (κ2) is 6.79. The quantitative estimate of drug-likeness (QED) is 0.802. The van der Waals surface area contributed by atoms with Gasteiger partial charge in [0.25, 0.3) is 0 Å². The van der Waals surface area contributed by atoms with Crippen LogP contribution in [-0.4, -0.2) is 17.9 Å². The van der Waals surface area contributed by atoms with E-state index in [1.54, 1.807) is 6.07 Å². The van der Waals surface area contributed by atoms with Crippen molar-refractivity contribution in [3.8, 4) is 0 Å². The lowest BCUT2D eigenvalue weighted by Crippen LogP contribution is -2.40. The summed E-state index contributed by atoms with van der Waals surface area (Å²) < 4.78 is 0. The molecule has 2 amide bonds. The predicted octanol–water partition coefficient (Wildman–Crippen LogP) is 2.10. The third kappa shape index (κ3) is 3.87. The first-order valence-electron chi connectivity index (χ1n) is 6.28. The van der Waals surface area contributed by atoms with E-state index in [2.05, 4.69) is 10.6 Å². The van der Waals surface area contributed by atoms with Gasteiger partial charge in [0.1, 0.15) is 0 Å². The summed E-state index contributed by atoms with van der Waals surface area (Å²) in [5, 5.41) is 5.28. The first-order valence-corrected chi connectivity index (χ1v) is 6.28. The van der Waals surface area contributed by atoms with Gasteiger partial charge in [0.2, 0.25) is 0 Å². The number of benzene rings is 1. The lowest BCUT2D eigenvalue weighted by molar-refractivity contribution is -0.136. The maximum absolute atomic E-state index is 11.7. The largest absolute Gasteiger partial charge is 0.345 e. The van der Waals surface area contributed by atoms with Crippen LogP contribution in [0.1, 0.15) is 32.8 Å². The molecule has 0 aliphatic carbocycles. The Balaban J connectivity index is 2.67. The second-order valence-electron chi connectivity index (χ2n) is 4.25. The molecule has 1 aromatic carbocycles. The van der Waals surface area contributed by atoms with Gasteiger partial charge in [-0.3, -0.25) is 9.59 Å². The van der Waals surface area contributed by atoms with Gasteiger partial charge >= 0.3 is 11.8 Å². The van der Waals surface area contributed by atoms with E-state index in [4.69, 9.17) is 0 Å². The summed E-state index contributed by atoms with van der Waals surface area (Å²) in [5.41, 5.74) is 1.71. The number of para-hydroxylation sites is 1. The molecule has 0 heterocycles. The fraction of sp³-hybridized carbons (Fsp3) is 0.429. The minimum absolute atomic E-state index is 0.00432. The van der Waals surface area contributed by atoms with Crippen LogP contribution in [0.4, 0.5) is 5.69 Å². The molecule has 1 aromatic rings. The van der Waals surface area contributed by atoms with E-state index >= 15 is 0 Å². The minimum atomic E-state index is -0.615. The molecule has 0 radical (unpaired) electrons. The van der Waals surface area contributed by atoms with Crippen LogP contribution in [0.25, 0.3) is 0 Å². The number of nitrogens with one attached hydrogen (secondary N) is 2. The molecule has 0 aliphatic rings. The van der Waals surface area contributed by atoms with Crippen LogP contribution in [0.2, 0.25) is 0 Å². The number of aryl methyl sites for hydroxylation is 1. The molecular weight excluding hydrogens is 228 g/mol. The van der Waals surface area contributed by atoms with Gasteiger partial charge in [-0.1, -0.05) is 32.0 Å². The lowest BCUT2D eigenvalue weighted by Gasteiger charge is -2.12. The average molecular weight is 248 g/mol. The van der Waals surface area contributed by atoms with Gasteiger partial charge in [-0.2, -0.15) is 0 Å². The maximum Gasteiger partial charge on any atom is 0.313 e. The highest BCUT2D eigenvalue weighted by atomic mass is 16.2. The Labute approximate surface area is 108 Å². The Kier molecular flexibility index (Phi) is 5.36. The Morgan fingerprint density at radius 3 is 2.44 bits per heavy atom. The van der Waals surface area contributed by atoms with Crippen molar-refractivity contribution in [2.24, 2.45) is 0 Å². The summed E-state index contributed by atoms with van der Waals surface area (Å²) in [5.74, 6) is -1.20. The van der Waals surface area contributed by atoms with Crippen LogP contribution in [0.15, 0.2) is 24.3 Å². The minimum Gasteiger partial charge on any atom is -0.345 e. The lowest BCUT2D eigenvalue weighted by atomic mass is 10.1. The number of amides is 2. The molecule has 0 saturated heterocycles. The van der Waals surface area contributed by atoms with Crippen molar-refractivity contribution >= 4 is 17.5 Å². The zero-order valence-corrected chi connectivity index (χ0v) is 11.1. The van der Waals surface area contributed by atoms with Crippen LogP contribution in [0.5, 0.6) is 0 Å².